The van der Waals surface area contributed by atoms with Gasteiger partial charge in [0, 0.05) is 10.2 Å². The summed E-state index contributed by atoms with van der Waals surface area (Å²) in [6, 6.07) is 15.9. The molecule has 4 rings (SSSR count). The summed E-state index contributed by atoms with van der Waals surface area (Å²) in [6.45, 7) is 0.663. The first kappa shape index (κ1) is 16.0. The van der Waals surface area contributed by atoms with Crippen molar-refractivity contribution in [2.24, 2.45) is 0 Å². The van der Waals surface area contributed by atoms with Gasteiger partial charge in [0.1, 0.15) is 12.7 Å². The lowest BCUT2D eigenvalue weighted by molar-refractivity contribution is -0.118. The number of halogens is 1. The predicted octanol–water partition coefficient (Wildman–Crippen LogP) is 3.76. The fourth-order valence-corrected chi connectivity index (χ4v) is 3.40. The van der Waals surface area contributed by atoms with E-state index < -0.39 is 0 Å². The Morgan fingerprint density at radius 3 is 2.64 bits per heavy atom. The number of aromatic nitrogens is 3. The standard InChI is InChI=1S/C19H17BrN4O/c20-16-3-1-2-15(10-16)19(8-9-19)18(25)23-17-6-4-14(5-7-17)11-24-13-21-12-22-24/h1-7,10,12-13H,8-9,11H2,(H,23,25). The quantitative estimate of drug-likeness (QED) is 0.713. The molecule has 1 aromatic heterocycles. The monoisotopic (exact) mass is 396 g/mol. The van der Waals surface area contributed by atoms with Crippen LogP contribution in [0.1, 0.15) is 24.0 Å². The van der Waals surface area contributed by atoms with E-state index in [1.165, 1.54) is 6.33 Å². The van der Waals surface area contributed by atoms with E-state index in [1.54, 1.807) is 11.0 Å². The van der Waals surface area contributed by atoms with Gasteiger partial charge in [0.2, 0.25) is 5.91 Å². The third kappa shape index (κ3) is 3.35. The van der Waals surface area contributed by atoms with Crippen LogP contribution in [0.2, 0.25) is 0 Å². The number of carbonyl (C=O) groups is 1. The highest BCUT2D eigenvalue weighted by molar-refractivity contribution is 9.10. The maximum atomic E-state index is 12.8. The normalized spacial score (nSPS) is 14.9. The summed E-state index contributed by atoms with van der Waals surface area (Å²) in [4.78, 5) is 16.7. The van der Waals surface area contributed by atoms with Crippen molar-refractivity contribution in [1.82, 2.24) is 14.8 Å². The molecule has 25 heavy (non-hydrogen) atoms. The topological polar surface area (TPSA) is 59.8 Å². The Kier molecular flexibility index (Phi) is 4.13. The van der Waals surface area contributed by atoms with Gasteiger partial charge in [-0.25, -0.2) is 9.67 Å². The SMILES string of the molecule is O=C(Nc1ccc(Cn2cncn2)cc1)C1(c2cccc(Br)c2)CC1. The molecule has 2 aromatic carbocycles. The van der Waals surface area contributed by atoms with Crippen molar-refractivity contribution in [2.45, 2.75) is 24.8 Å². The van der Waals surface area contributed by atoms with Gasteiger partial charge >= 0.3 is 0 Å². The van der Waals surface area contributed by atoms with Crippen molar-refractivity contribution >= 4 is 27.5 Å². The van der Waals surface area contributed by atoms with Crippen molar-refractivity contribution in [3.05, 3.63) is 76.8 Å². The first-order valence-electron chi connectivity index (χ1n) is 8.15. The van der Waals surface area contributed by atoms with Gasteiger partial charge in [0.05, 0.1) is 12.0 Å². The molecule has 0 unspecified atom stereocenters. The van der Waals surface area contributed by atoms with Gasteiger partial charge in [-0.1, -0.05) is 40.2 Å². The second-order valence-corrected chi connectivity index (χ2v) is 7.25. The summed E-state index contributed by atoms with van der Waals surface area (Å²) < 4.78 is 2.77. The molecule has 1 heterocycles. The maximum absolute atomic E-state index is 12.8. The summed E-state index contributed by atoms with van der Waals surface area (Å²) in [5.74, 6) is 0.0645. The first-order chi connectivity index (χ1) is 12.2. The van der Waals surface area contributed by atoms with Crippen molar-refractivity contribution in [2.75, 3.05) is 5.32 Å². The van der Waals surface area contributed by atoms with Crippen molar-refractivity contribution in [3.63, 3.8) is 0 Å². The Labute approximate surface area is 154 Å². The van der Waals surface area contributed by atoms with E-state index in [9.17, 15) is 4.79 Å². The number of amides is 1. The van der Waals surface area contributed by atoms with E-state index in [-0.39, 0.29) is 11.3 Å². The Morgan fingerprint density at radius 1 is 1.20 bits per heavy atom. The third-order valence-electron chi connectivity index (χ3n) is 4.58. The van der Waals surface area contributed by atoms with Gasteiger partial charge in [0.25, 0.3) is 0 Å². The average molecular weight is 397 g/mol. The predicted molar refractivity (Wildman–Crippen MR) is 99.2 cm³/mol. The summed E-state index contributed by atoms with van der Waals surface area (Å²) in [7, 11) is 0. The van der Waals surface area contributed by atoms with Gasteiger partial charge in [-0.3, -0.25) is 4.79 Å². The zero-order valence-corrected chi connectivity index (χ0v) is 15.1. The van der Waals surface area contributed by atoms with Crippen LogP contribution in [-0.4, -0.2) is 20.7 Å². The number of rotatable bonds is 5. The molecule has 5 nitrogen and oxygen atoms in total. The lowest BCUT2D eigenvalue weighted by atomic mass is 9.95. The smallest absolute Gasteiger partial charge is 0.235 e. The van der Waals surface area contributed by atoms with E-state index in [2.05, 4.69) is 31.3 Å². The molecule has 3 aromatic rings. The Morgan fingerprint density at radius 2 is 2.00 bits per heavy atom. The highest BCUT2D eigenvalue weighted by Gasteiger charge is 2.51. The minimum absolute atomic E-state index is 0.0645. The fraction of sp³-hybridized carbons (Fsp3) is 0.211. The van der Waals surface area contributed by atoms with Crippen molar-refractivity contribution < 1.29 is 4.79 Å². The van der Waals surface area contributed by atoms with Crippen LogP contribution in [-0.2, 0) is 16.8 Å². The highest BCUT2D eigenvalue weighted by atomic mass is 79.9. The van der Waals surface area contributed by atoms with Crippen LogP contribution < -0.4 is 5.32 Å². The molecule has 0 radical (unpaired) electrons. The minimum Gasteiger partial charge on any atom is -0.325 e. The fourth-order valence-electron chi connectivity index (χ4n) is 3.00. The average Bonchev–Trinajstić information content (AvgIpc) is 3.28. The first-order valence-corrected chi connectivity index (χ1v) is 8.94. The molecule has 1 N–H and O–H groups in total. The number of nitrogens with one attached hydrogen (secondary N) is 1. The van der Waals surface area contributed by atoms with Crippen LogP contribution in [0.4, 0.5) is 5.69 Å². The van der Waals surface area contributed by atoms with Gasteiger partial charge in [-0.15, -0.1) is 0 Å². The Hall–Kier alpha value is -2.47. The number of anilines is 1. The molecule has 0 bridgehead atoms. The lowest BCUT2D eigenvalue weighted by Gasteiger charge is -2.16. The molecule has 1 saturated carbocycles. The van der Waals surface area contributed by atoms with E-state index in [0.29, 0.717) is 6.54 Å². The third-order valence-corrected chi connectivity index (χ3v) is 5.08. The molecule has 0 spiro atoms. The minimum atomic E-state index is -0.386. The van der Waals surface area contributed by atoms with E-state index in [4.69, 9.17) is 0 Å². The molecule has 1 aliphatic rings. The second kappa shape index (κ2) is 6.44. The van der Waals surface area contributed by atoms with Crippen LogP contribution in [0.5, 0.6) is 0 Å². The van der Waals surface area contributed by atoms with Crippen molar-refractivity contribution in [3.8, 4) is 0 Å². The molecule has 0 saturated heterocycles. The largest absolute Gasteiger partial charge is 0.325 e. The number of hydrogen-bond donors (Lipinski definition) is 1. The van der Waals surface area contributed by atoms with Gasteiger partial charge < -0.3 is 5.32 Å². The molecule has 6 heteroatoms. The van der Waals surface area contributed by atoms with E-state index in [0.717, 1.165) is 34.1 Å². The van der Waals surface area contributed by atoms with Crippen LogP contribution in [0.3, 0.4) is 0 Å². The zero-order valence-electron chi connectivity index (χ0n) is 13.5. The van der Waals surface area contributed by atoms with Crippen LogP contribution in [0.15, 0.2) is 65.7 Å². The number of nitrogens with zero attached hydrogens (tertiary/aromatic N) is 3. The molecule has 0 atom stereocenters. The molecule has 1 fully saturated rings. The van der Waals surface area contributed by atoms with Gasteiger partial charge in [-0.05, 0) is 48.2 Å². The number of hydrogen-bond acceptors (Lipinski definition) is 3. The second-order valence-electron chi connectivity index (χ2n) is 6.34. The maximum Gasteiger partial charge on any atom is 0.235 e. The van der Waals surface area contributed by atoms with Gasteiger partial charge in [0.15, 0.2) is 0 Å². The van der Waals surface area contributed by atoms with Crippen LogP contribution in [0, 0.1) is 0 Å². The summed E-state index contributed by atoms with van der Waals surface area (Å²) >= 11 is 3.49. The molecule has 0 aliphatic heterocycles. The molecular weight excluding hydrogens is 380 g/mol. The zero-order chi connectivity index (χ0) is 17.3. The van der Waals surface area contributed by atoms with E-state index in [1.807, 2.05) is 48.5 Å². The van der Waals surface area contributed by atoms with Crippen molar-refractivity contribution in [1.29, 1.82) is 0 Å². The summed E-state index contributed by atoms with van der Waals surface area (Å²) in [6.07, 6.45) is 4.98. The summed E-state index contributed by atoms with van der Waals surface area (Å²) in [5, 5.41) is 7.16. The lowest BCUT2D eigenvalue weighted by Crippen LogP contribution is -2.27. The van der Waals surface area contributed by atoms with Crippen LogP contribution >= 0.6 is 15.9 Å². The number of benzene rings is 2. The van der Waals surface area contributed by atoms with Gasteiger partial charge in [-0.2, -0.15) is 5.10 Å². The highest BCUT2D eigenvalue weighted by Crippen LogP contribution is 2.49. The number of carbonyl (C=O) groups excluding carboxylic acids is 1. The van der Waals surface area contributed by atoms with Crippen LogP contribution in [0.25, 0.3) is 0 Å². The molecular formula is C19H17BrN4O. The Bertz CT molecular complexity index is 886. The molecule has 126 valence electrons. The Balaban J connectivity index is 1.46. The van der Waals surface area contributed by atoms with E-state index >= 15 is 0 Å². The molecule has 1 aliphatic carbocycles. The molecule has 1 amide bonds. The summed E-state index contributed by atoms with van der Waals surface area (Å²) in [5.41, 5.74) is 2.61.